The van der Waals surface area contributed by atoms with E-state index in [0.29, 0.717) is 0 Å². The molecule has 33 heavy (non-hydrogen) atoms. The average Bonchev–Trinajstić information content (AvgIpc) is 2.68. The zero-order valence-electron chi connectivity index (χ0n) is 17.8. The maximum atomic E-state index is 14.5. The minimum atomic E-state index is -3.80. The Labute approximate surface area is 193 Å². The summed E-state index contributed by atoms with van der Waals surface area (Å²) in [5, 5.41) is 17.0. The molecule has 13 heteroatoms. The lowest BCUT2D eigenvalue weighted by Gasteiger charge is -2.34. The van der Waals surface area contributed by atoms with E-state index in [1.165, 1.54) is 26.1 Å². The van der Waals surface area contributed by atoms with Crippen molar-refractivity contribution in [2.24, 2.45) is 10.7 Å². The fourth-order valence-electron chi connectivity index (χ4n) is 2.91. The molecule has 9 nitrogen and oxygen atoms in total. The average molecular weight is 503 g/mol. The summed E-state index contributed by atoms with van der Waals surface area (Å²) in [6.45, 7) is 2.52. The molecule has 0 bridgehead atoms. The lowest BCUT2D eigenvalue weighted by atomic mass is 9.92. The van der Waals surface area contributed by atoms with Crippen LogP contribution in [0.15, 0.2) is 35.5 Å². The molecular formula is C20H21ClF2N4O5S. The maximum absolute atomic E-state index is 14.5. The number of halogens is 3. The number of aromatic nitrogens is 1. The second-order valence-corrected chi connectivity index (χ2v) is 9.65. The largest absolute Gasteiger partial charge is 0.506 e. The fourth-order valence-corrected chi connectivity index (χ4v) is 4.47. The van der Waals surface area contributed by atoms with Gasteiger partial charge in [0.2, 0.25) is 16.0 Å². The number of aliphatic imine (C=N–C) groups is 1. The number of hydrogen-bond acceptors (Lipinski definition) is 7. The van der Waals surface area contributed by atoms with Gasteiger partial charge in [-0.05, 0) is 30.7 Å². The Kier molecular flexibility index (Phi) is 7.65. The quantitative estimate of drug-likeness (QED) is 0.584. The van der Waals surface area contributed by atoms with E-state index in [4.69, 9.17) is 27.2 Å². The van der Waals surface area contributed by atoms with Gasteiger partial charge in [-0.2, -0.15) is 0 Å². The van der Waals surface area contributed by atoms with Crippen LogP contribution in [0.4, 0.5) is 8.78 Å². The Morgan fingerprint density at radius 2 is 1.97 bits per heavy atom. The van der Waals surface area contributed by atoms with Crippen molar-refractivity contribution in [2.75, 3.05) is 12.8 Å². The number of sulfonamides is 1. The first-order valence-corrected chi connectivity index (χ1v) is 11.2. The van der Waals surface area contributed by atoms with Crippen LogP contribution in [0.1, 0.15) is 30.7 Å². The highest BCUT2D eigenvalue weighted by molar-refractivity contribution is 7.89. The maximum Gasteiger partial charge on any atom is 0.300 e. The molecule has 0 saturated carbocycles. The van der Waals surface area contributed by atoms with Crippen molar-refractivity contribution in [1.29, 1.82) is 0 Å². The second-order valence-electron chi connectivity index (χ2n) is 7.24. The SMILES string of the molecule is CC(=O)O.CN1C(N)=NC(C)(c2cc(C=C(F)c3cc(O)c(Cl)cn3)ccc2F)CS1(=O)=O. The summed E-state index contributed by atoms with van der Waals surface area (Å²) in [6.07, 6.45) is 2.16. The predicted octanol–water partition coefficient (Wildman–Crippen LogP) is 2.94. The van der Waals surface area contributed by atoms with Crippen molar-refractivity contribution in [2.45, 2.75) is 19.4 Å². The van der Waals surface area contributed by atoms with Crippen LogP contribution in [0.2, 0.25) is 5.02 Å². The second kappa shape index (κ2) is 9.71. The van der Waals surface area contributed by atoms with Gasteiger partial charge >= 0.3 is 0 Å². The molecule has 1 unspecified atom stereocenters. The molecule has 178 valence electrons. The van der Waals surface area contributed by atoms with Gasteiger partial charge in [0.25, 0.3) is 5.97 Å². The van der Waals surface area contributed by atoms with E-state index in [-0.39, 0.29) is 33.6 Å². The first kappa shape index (κ1) is 26.0. The first-order chi connectivity index (χ1) is 15.2. The van der Waals surface area contributed by atoms with Gasteiger partial charge in [-0.15, -0.1) is 0 Å². The normalized spacial score (nSPS) is 19.9. The number of nitrogens with two attached hydrogens (primary N) is 1. The lowest BCUT2D eigenvalue weighted by Crippen LogP contribution is -2.50. The third-order valence-electron chi connectivity index (χ3n) is 4.51. The summed E-state index contributed by atoms with van der Waals surface area (Å²) < 4.78 is 54.6. The molecular weight excluding hydrogens is 482 g/mol. The third-order valence-corrected chi connectivity index (χ3v) is 6.75. The van der Waals surface area contributed by atoms with Crippen molar-refractivity contribution in [3.8, 4) is 5.75 Å². The van der Waals surface area contributed by atoms with E-state index >= 15 is 0 Å². The molecule has 0 saturated heterocycles. The predicted molar refractivity (Wildman–Crippen MR) is 120 cm³/mol. The number of pyridine rings is 1. The van der Waals surface area contributed by atoms with Crippen LogP contribution < -0.4 is 5.73 Å². The molecule has 1 aliphatic heterocycles. The van der Waals surface area contributed by atoms with Crippen LogP contribution in [-0.4, -0.2) is 52.6 Å². The van der Waals surface area contributed by atoms with E-state index in [0.717, 1.165) is 35.6 Å². The van der Waals surface area contributed by atoms with Gasteiger partial charge < -0.3 is 15.9 Å². The minimum absolute atomic E-state index is 0.0301. The monoisotopic (exact) mass is 502 g/mol. The van der Waals surface area contributed by atoms with Crippen molar-refractivity contribution in [3.63, 3.8) is 0 Å². The lowest BCUT2D eigenvalue weighted by molar-refractivity contribution is -0.134. The first-order valence-electron chi connectivity index (χ1n) is 9.20. The molecule has 1 aromatic heterocycles. The van der Waals surface area contributed by atoms with Crippen LogP contribution in [0.3, 0.4) is 0 Å². The number of guanidine groups is 1. The zero-order chi connectivity index (χ0) is 25.1. The number of hydrogen-bond donors (Lipinski definition) is 3. The molecule has 1 aliphatic rings. The summed E-state index contributed by atoms with van der Waals surface area (Å²) >= 11 is 5.66. The number of carboxylic acid groups (broad SMARTS) is 1. The highest BCUT2D eigenvalue weighted by atomic mass is 35.5. The van der Waals surface area contributed by atoms with E-state index in [9.17, 15) is 22.3 Å². The summed E-state index contributed by atoms with van der Waals surface area (Å²) in [6, 6.07) is 4.74. The molecule has 1 atom stereocenters. The van der Waals surface area contributed by atoms with Gasteiger partial charge in [0.15, 0.2) is 0 Å². The minimum Gasteiger partial charge on any atom is -0.506 e. The number of carboxylic acids is 1. The van der Waals surface area contributed by atoms with Crippen LogP contribution in [0.25, 0.3) is 11.9 Å². The number of nitrogens with zero attached hydrogens (tertiary/aromatic N) is 3. The van der Waals surface area contributed by atoms with Crippen molar-refractivity contribution in [3.05, 3.63) is 58.1 Å². The highest BCUT2D eigenvalue weighted by Crippen LogP contribution is 2.34. The smallest absolute Gasteiger partial charge is 0.300 e. The molecule has 0 fully saturated rings. The van der Waals surface area contributed by atoms with Gasteiger partial charge in [-0.1, -0.05) is 17.7 Å². The van der Waals surface area contributed by atoms with Crippen LogP contribution in [-0.2, 0) is 20.4 Å². The number of rotatable bonds is 3. The van der Waals surface area contributed by atoms with E-state index in [2.05, 4.69) is 9.98 Å². The van der Waals surface area contributed by atoms with Crippen LogP contribution in [0.5, 0.6) is 5.75 Å². The van der Waals surface area contributed by atoms with E-state index in [1.54, 1.807) is 0 Å². The van der Waals surface area contributed by atoms with Gasteiger partial charge in [0.05, 0.1) is 11.9 Å². The molecule has 1 aromatic carbocycles. The molecule has 0 spiro atoms. The van der Waals surface area contributed by atoms with Gasteiger partial charge in [-0.25, -0.2) is 26.5 Å². The Bertz CT molecular complexity index is 1250. The highest BCUT2D eigenvalue weighted by Gasteiger charge is 2.41. The number of carbonyl (C=O) groups is 1. The molecule has 4 N–H and O–H groups in total. The van der Waals surface area contributed by atoms with Crippen molar-refractivity contribution < 1.29 is 32.2 Å². The topological polar surface area (TPSA) is 146 Å². The van der Waals surface area contributed by atoms with Crippen LogP contribution >= 0.6 is 11.6 Å². The van der Waals surface area contributed by atoms with E-state index < -0.39 is 38.9 Å². The zero-order valence-corrected chi connectivity index (χ0v) is 19.3. The fraction of sp³-hybridized carbons (Fsp3) is 0.250. The summed E-state index contributed by atoms with van der Waals surface area (Å²) in [4.78, 5) is 16.9. The van der Waals surface area contributed by atoms with Gasteiger partial charge in [0.1, 0.15) is 33.6 Å². The Balaban J connectivity index is 0.000000890. The molecule has 3 rings (SSSR count). The van der Waals surface area contributed by atoms with Crippen LogP contribution in [0, 0.1) is 5.82 Å². The number of aliphatic carboxylic acids is 1. The standard InChI is InChI=1S/C18H17ClF2N4O3S.C2H4O2/c1-18(9-29(27,28)25(2)17(22)24-18)11-5-10(3-4-13(11)20)6-14(21)15-7-16(26)12(19)8-23-15;1-2(3)4/h3-8H,9H2,1-2H3,(H2,22,24)(H,23,26);1H3,(H,3,4). The van der Waals surface area contributed by atoms with Crippen molar-refractivity contribution in [1.82, 2.24) is 9.29 Å². The molecule has 0 aliphatic carbocycles. The molecule has 0 amide bonds. The third kappa shape index (κ3) is 6.17. The Hall–Kier alpha value is -3.25. The Morgan fingerprint density at radius 1 is 1.36 bits per heavy atom. The van der Waals surface area contributed by atoms with E-state index in [1.807, 2.05) is 0 Å². The molecule has 2 aromatic rings. The van der Waals surface area contributed by atoms with Crippen molar-refractivity contribution >= 4 is 45.5 Å². The summed E-state index contributed by atoms with van der Waals surface area (Å²) in [5.74, 6) is -3.46. The molecule has 2 heterocycles. The van der Waals surface area contributed by atoms with Gasteiger partial charge in [0, 0.05) is 25.6 Å². The number of aromatic hydroxyl groups is 1. The summed E-state index contributed by atoms with van der Waals surface area (Å²) in [5.41, 5.74) is 4.22. The number of benzene rings is 1. The van der Waals surface area contributed by atoms with Gasteiger partial charge in [-0.3, -0.25) is 9.78 Å². The Morgan fingerprint density at radius 3 is 2.52 bits per heavy atom. The summed E-state index contributed by atoms with van der Waals surface area (Å²) in [7, 11) is -2.54. The molecule has 0 radical (unpaired) electrons.